The van der Waals surface area contributed by atoms with Crippen molar-refractivity contribution in [1.82, 2.24) is 4.90 Å². The number of rotatable bonds is 13. The summed E-state index contributed by atoms with van der Waals surface area (Å²) in [7, 11) is 0. The Bertz CT molecular complexity index is 555. The summed E-state index contributed by atoms with van der Waals surface area (Å²) in [6, 6.07) is -1.57. The Kier molecular flexibility index (Phi) is 17.7. The molecule has 0 aliphatic heterocycles. The maximum atomic E-state index is 12.6. The number of ether oxygens (including phenoxy) is 1. The molecule has 0 fully saturated rings. The smallest absolute Gasteiger partial charge is 0.550 e. The number of hydrogen-bond donors (Lipinski definition) is 0. The van der Waals surface area contributed by atoms with Gasteiger partial charge in [0.15, 0.2) is 0 Å². The minimum atomic E-state index is -1.57. The van der Waals surface area contributed by atoms with E-state index in [9.17, 15) is 24.3 Å². The summed E-state index contributed by atoms with van der Waals surface area (Å²) in [6.07, 6.45) is 9.67. The fraction of sp³-hybridized carbons (Fsp3) is 0.500. The van der Waals surface area contributed by atoms with Gasteiger partial charge in [0.05, 0.1) is 6.26 Å². The van der Waals surface area contributed by atoms with Gasteiger partial charge in [-0.3, -0.25) is 14.5 Å². The molecule has 0 aromatic carbocycles. The molecule has 0 saturated carbocycles. The van der Waals surface area contributed by atoms with Crippen molar-refractivity contribution in [3.63, 3.8) is 0 Å². The van der Waals surface area contributed by atoms with E-state index in [1.54, 1.807) is 0 Å². The van der Waals surface area contributed by atoms with Gasteiger partial charge >= 0.3 is 35.5 Å². The Morgan fingerprint density at radius 1 is 1.00 bits per heavy atom. The van der Waals surface area contributed by atoms with Crippen LogP contribution in [0, 0.1) is 0 Å². The van der Waals surface area contributed by atoms with Gasteiger partial charge < -0.3 is 14.6 Å². The molecule has 0 aromatic heterocycles. The van der Waals surface area contributed by atoms with E-state index in [1.807, 2.05) is 38.2 Å². The van der Waals surface area contributed by atoms with Gasteiger partial charge in [-0.25, -0.2) is 4.79 Å². The summed E-state index contributed by atoms with van der Waals surface area (Å²) in [6.45, 7) is 6.94. The van der Waals surface area contributed by atoms with E-state index in [1.165, 1.54) is 0 Å². The zero-order valence-electron chi connectivity index (χ0n) is 17.0. The average Bonchev–Trinajstić information content (AvgIpc) is 2.61. The number of carbonyl (C=O) groups is 4. The monoisotopic (exact) mass is 401 g/mol. The Labute approximate surface area is 188 Å². The SMILES string of the molecule is C=COC(=O)C(CC(=O)[O-])N(C(=O)CCC/C=C/C)C(=O)CCC/C=C/C.[Na+]. The molecule has 8 heteroatoms. The third-order valence-electron chi connectivity index (χ3n) is 3.67. The number of carbonyl (C=O) groups excluding carboxylic acids is 4. The minimum absolute atomic E-state index is 0. The molecule has 7 nitrogen and oxygen atoms in total. The van der Waals surface area contributed by atoms with Crippen molar-refractivity contribution in [3.8, 4) is 0 Å². The molecule has 1 unspecified atom stereocenters. The quantitative estimate of drug-likeness (QED) is 0.129. The van der Waals surface area contributed by atoms with E-state index in [-0.39, 0.29) is 42.4 Å². The van der Waals surface area contributed by atoms with Crippen molar-refractivity contribution in [2.45, 2.75) is 64.8 Å². The number of esters is 1. The maximum absolute atomic E-state index is 12.6. The van der Waals surface area contributed by atoms with Crippen LogP contribution in [-0.4, -0.2) is 34.7 Å². The number of carboxylic acid groups (broad SMARTS) is 1. The number of aliphatic carboxylic acids is 1. The van der Waals surface area contributed by atoms with Gasteiger partial charge in [-0.15, -0.1) is 0 Å². The topological polar surface area (TPSA) is 104 Å². The van der Waals surface area contributed by atoms with Crippen LogP contribution in [-0.2, 0) is 23.9 Å². The summed E-state index contributed by atoms with van der Waals surface area (Å²) < 4.78 is 4.64. The first-order valence-corrected chi connectivity index (χ1v) is 8.97. The van der Waals surface area contributed by atoms with Crippen molar-refractivity contribution >= 4 is 23.8 Å². The Morgan fingerprint density at radius 3 is 1.82 bits per heavy atom. The summed E-state index contributed by atoms with van der Waals surface area (Å²) in [5.74, 6) is -3.81. The van der Waals surface area contributed by atoms with Crippen LogP contribution in [0.3, 0.4) is 0 Å². The van der Waals surface area contributed by atoms with Gasteiger partial charge in [-0.1, -0.05) is 30.9 Å². The van der Waals surface area contributed by atoms with Crippen LogP contribution in [0.4, 0.5) is 0 Å². The van der Waals surface area contributed by atoms with Gasteiger partial charge in [0.25, 0.3) is 0 Å². The summed E-state index contributed by atoms with van der Waals surface area (Å²) in [4.78, 5) is 49.1. The fourth-order valence-corrected chi connectivity index (χ4v) is 2.40. The number of imide groups is 1. The third-order valence-corrected chi connectivity index (χ3v) is 3.67. The predicted molar refractivity (Wildman–Crippen MR) is 98.9 cm³/mol. The molecule has 0 spiro atoms. The zero-order chi connectivity index (χ0) is 20.7. The summed E-state index contributed by atoms with van der Waals surface area (Å²) in [5, 5.41) is 11.1. The second-order valence-corrected chi connectivity index (χ2v) is 5.78. The first kappa shape index (κ1) is 28.5. The molecule has 0 bridgehead atoms. The third kappa shape index (κ3) is 11.9. The molecule has 28 heavy (non-hydrogen) atoms. The Balaban J connectivity index is 0. The van der Waals surface area contributed by atoms with E-state index >= 15 is 0 Å². The fourth-order valence-electron chi connectivity index (χ4n) is 2.40. The number of amides is 2. The summed E-state index contributed by atoms with van der Waals surface area (Å²) >= 11 is 0. The number of nitrogens with zero attached hydrogens (tertiary/aromatic N) is 1. The van der Waals surface area contributed by atoms with Crippen molar-refractivity contribution in [2.75, 3.05) is 0 Å². The first-order chi connectivity index (χ1) is 12.9. The molecule has 150 valence electrons. The van der Waals surface area contributed by atoms with Crippen molar-refractivity contribution < 1.29 is 58.6 Å². The number of carboxylic acids is 1. The largest absolute Gasteiger partial charge is 1.00 e. The minimum Gasteiger partial charge on any atom is -0.550 e. The van der Waals surface area contributed by atoms with Crippen LogP contribution >= 0.6 is 0 Å². The van der Waals surface area contributed by atoms with E-state index in [0.717, 1.165) is 6.26 Å². The molecule has 0 aliphatic carbocycles. The van der Waals surface area contributed by atoms with Gasteiger partial charge in [0.2, 0.25) is 11.8 Å². The van der Waals surface area contributed by atoms with Crippen LogP contribution in [0.2, 0.25) is 0 Å². The summed E-state index contributed by atoms with van der Waals surface area (Å²) in [5.41, 5.74) is 0. The molecule has 0 N–H and O–H groups in total. The molecule has 0 radical (unpaired) electrons. The second-order valence-electron chi connectivity index (χ2n) is 5.78. The van der Waals surface area contributed by atoms with E-state index in [4.69, 9.17) is 0 Å². The maximum Gasteiger partial charge on any atom is 1.00 e. The molecule has 0 rings (SSSR count). The van der Waals surface area contributed by atoms with Crippen molar-refractivity contribution in [1.29, 1.82) is 0 Å². The second kappa shape index (κ2) is 17.4. The standard InChI is InChI=1S/C20H29NO6.Na/c1-4-7-9-11-13-17(22)21(18(23)14-12-10-8-5-2)16(15-19(24)25)20(26)27-6-3;/h4-8,16H,3,9-15H2,1-2H3,(H,24,25);/q;+1/p-1/b7-4+,8-5+;. The predicted octanol–water partition coefficient (Wildman–Crippen LogP) is -0.966. The van der Waals surface area contributed by atoms with Crippen molar-refractivity contribution in [3.05, 3.63) is 37.1 Å². The van der Waals surface area contributed by atoms with Crippen LogP contribution in [0.15, 0.2) is 37.1 Å². The molecule has 1 atom stereocenters. The van der Waals surface area contributed by atoms with Crippen LogP contribution < -0.4 is 34.7 Å². The molecule has 0 saturated heterocycles. The van der Waals surface area contributed by atoms with E-state index < -0.39 is 36.2 Å². The van der Waals surface area contributed by atoms with Crippen LogP contribution in [0.5, 0.6) is 0 Å². The van der Waals surface area contributed by atoms with E-state index in [0.29, 0.717) is 30.6 Å². The molecule has 0 aromatic rings. The molecular formula is C20H28NNaO6. The Hall–Kier alpha value is -1.70. The van der Waals surface area contributed by atoms with Gasteiger partial charge in [0, 0.05) is 25.2 Å². The van der Waals surface area contributed by atoms with E-state index in [2.05, 4.69) is 11.3 Å². The first-order valence-electron chi connectivity index (χ1n) is 8.97. The number of hydrogen-bond acceptors (Lipinski definition) is 6. The molecular weight excluding hydrogens is 373 g/mol. The Morgan fingerprint density at radius 2 is 1.46 bits per heavy atom. The average molecular weight is 401 g/mol. The molecule has 2 amide bonds. The molecule has 0 aliphatic rings. The number of allylic oxidation sites excluding steroid dienone is 4. The van der Waals surface area contributed by atoms with Crippen LogP contribution in [0.1, 0.15) is 58.8 Å². The van der Waals surface area contributed by atoms with Gasteiger partial charge in [0.1, 0.15) is 6.04 Å². The van der Waals surface area contributed by atoms with Crippen molar-refractivity contribution in [2.24, 2.45) is 0 Å². The van der Waals surface area contributed by atoms with Gasteiger partial charge in [-0.2, -0.15) is 0 Å². The van der Waals surface area contributed by atoms with Gasteiger partial charge in [-0.05, 0) is 39.5 Å². The number of unbranched alkanes of at least 4 members (excludes halogenated alkanes) is 2. The molecule has 0 heterocycles. The normalized spacial score (nSPS) is 11.6. The van der Waals surface area contributed by atoms with Crippen LogP contribution in [0.25, 0.3) is 0 Å². The zero-order valence-corrected chi connectivity index (χ0v) is 19.0.